The molecule has 1 aliphatic rings. The lowest BCUT2D eigenvalue weighted by Gasteiger charge is -2.26. The van der Waals surface area contributed by atoms with Gasteiger partial charge in [-0.15, -0.1) is 0 Å². The molecule has 1 aliphatic heterocycles. The highest BCUT2D eigenvalue weighted by atomic mass is 16.5. The van der Waals surface area contributed by atoms with E-state index >= 15 is 0 Å². The summed E-state index contributed by atoms with van der Waals surface area (Å²) >= 11 is 0. The Morgan fingerprint density at radius 3 is 2.67 bits per heavy atom. The van der Waals surface area contributed by atoms with Gasteiger partial charge in [-0.25, -0.2) is 0 Å². The summed E-state index contributed by atoms with van der Waals surface area (Å²) in [4.78, 5) is 2.25. The highest BCUT2D eigenvalue weighted by Gasteiger charge is 2.05. The van der Waals surface area contributed by atoms with Crippen LogP contribution >= 0.6 is 0 Å². The monoisotopic (exact) mass is 127 g/mol. The van der Waals surface area contributed by atoms with Gasteiger partial charge in [0.1, 0.15) is 6.61 Å². The maximum atomic E-state index is 5.03. The van der Waals surface area contributed by atoms with Crippen molar-refractivity contribution in [3.05, 3.63) is 12.5 Å². The number of nitrogens with zero attached hydrogens (tertiary/aromatic N) is 1. The van der Waals surface area contributed by atoms with Crippen LogP contribution in [0.5, 0.6) is 0 Å². The van der Waals surface area contributed by atoms with Crippen LogP contribution in [0.1, 0.15) is 13.8 Å². The molecule has 0 amide bonds. The Balaban J connectivity index is 2.40. The standard InChI is InChI=1S/C7H13NO/c1-7(2)8-3-5-9-6-4-8/h3,5,7H,4,6H2,1-2H3. The number of rotatable bonds is 1. The Morgan fingerprint density at radius 1 is 1.56 bits per heavy atom. The minimum absolute atomic E-state index is 0.602. The van der Waals surface area contributed by atoms with E-state index in [-0.39, 0.29) is 0 Å². The second kappa shape index (κ2) is 2.76. The number of hydrogen-bond acceptors (Lipinski definition) is 2. The Kier molecular flexibility index (Phi) is 1.98. The molecule has 9 heavy (non-hydrogen) atoms. The first-order valence-corrected chi connectivity index (χ1v) is 3.35. The van der Waals surface area contributed by atoms with Crippen molar-refractivity contribution in [3.8, 4) is 0 Å². The van der Waals surface area contributed by atoms with Crippen LogP contribution in [-0.2, 0) is 4.74 Å². The first-order chi connectivity index (χ1) is 4.30. The van der Waals surface area contributed by atoms with Gasteiger partial charge in [-0.1, -0.05) is 0 Å². The largest absolute Gasteiger partial charge is 0.498 e. The summed E-state index contributed by atoms with van der Waals surface area (Å²) in [5.74, 6) is 0. The topological polar surface area (TPSA) is 12.5 Å². The zero-order chi connectivity index (χ0) is 6.69. The summed E-state index contributed by atoms with van der Waals surface area (Å²) in [6, 6.07) is 0.602. The van der Waals surface area contributed by atoms with Gasteiger partial charge >= 0.3 is 0 Å². The smallest absolute Gasteiger partial charge is 0.105 e. The van der Waals surface area contributed by atoms with Crippen molar-refractivity contribution in [3.63, 3.8) is 0 Å². The molecule has 1 rings (SSSR count). The van der Waals surface area contributed by atoms with Crippen molar-refractivity contribution in [1.82, 2.24) is 4.90 Å². The molecule has 0 bridgehead atoms. The lowest BCUT2D eigenvalue weighted by Crippen LogP contribution is -2.30. The Morgan fingerprint density at radius 2 is 2.33 bits per heavy atom. The van der Waals surface area contributed by atoms with E-state index in [2.05, 4.69) is 18.7 Å². The van der Waals surface area contributed by atoms with Crippen LogP contribution in [0, 0.1) is 0 Å². The summed E-state index contributed by atoms with van der Waals surface area (Å²) in [5, 5.41) is 0. The van der Waals surface area contributed by atoms with E-state index in [0.717, 1.165) is 13.2 Å². The molecule has 0 unspecified atom stereocenters. The molecule has 0 saturated carbocycles. The van der Waals surface area contributed by atoms with Crippen LogP contribution < -0.4 is 0 Å². The van der Waals surface area contributed by atoms with Crippen molar-refractivity contribution in [2.75, 3.05) is 13.2 Å². The second-order valence-electron chi connectivity index (χ2n) is 2.49. The fraction of sp³-hybridized carbons (Fsp3) is 0.714. The van der Waals surface area contributed by atoms with Crippen LogP contribution in [-0.4, -0.2) is 24.1 Å². The average Bonchev–Trinajstić information content (AvgIpc) is 1.90. The predicted octanol–water partition coefficient (Wildman–Crippen LogP) is 1.20. The zero-order valence-corrected chi connectivity index (χ0v) is 6.00. The van der Waals surface area contributed by atoms with E-state index < -0.39 is 0 Å². The Hall–Kier alpha value is -0.660. The van der Waals surface area contributed by atoms with Gasteiger partial charge in [-0.3, -0.25) is 0 Å². The molecule has 1 heterocycles. The second-order valence-corrected chi connectivity index (χ2v) is 2.49. The van der Waals surface area contributed by atoms with Gasteiger partial charge in [-0.2, -0.15) is 0 Å². The molecule has 2 nitrogen and oxygen atoms in total. The fourth-order valence-corrected chi connectivity index (χ4v) is 0.852. The quantitative estimate of drug-likeness (QED) is 0.524. The normalized spacial score (nSPS) is 18.3. The van der Waals surface area contributed by atoms with Crippen molar-refractivity contribution in [2.24, 2.45) is 0 Å². The summed E-state index contributed by atoms with van der Waals surface area (Å²) < 4.78 is 5.03. The van der Waals surface area contributed by atoms with Gasteiger partial charge in [-0.05, 0) is 13.8 Å². The third-order valence-corrected chi connectivity index (χ3v) is 1.48. The molecule has 0 radical (unpaired) electrons. The van der Waals surface area contributed by atoms with Crippen LogP contribution in [0.25, 0.3) is 0 Å². The molecular weight excluding hydrogens is 114 g/mol. The Labute approximate surface area is 56.1 Å². The molecular formula is C7H13NO. The van der Waals surface area contributed by atoms with E-state index in [1.54, 1.807) is 6.26 Å². The zero-order valence-electron chi connectivity index (χ0n) is 6.00. The molecule has 2 heteroatoms. The van der Waals surface area contributed by atoms with E-state index in [9.17, 15) is 0 Å². The van der Waals surface area contributed by atoms with E-state index in [0.29, 0.717) is 6.04 Å². The van der Waals surface area contributed by atoms with Gasteiger partial charge in [0.25, 0.3) is 0 Å². The minimum atomic E-state index is 0.602. The van der Waals surface area contributed by atoms with Crippen molar-refractivity contribution >= 4 is 0 Å². The third kappa shape index (κ3) is 1.63. The van der Waals surface area contributed by atoms with Gasteiger partial charge in [0, 0.05) is 12.2 Å². The highest BCUT2D eigenvalue weighted by Crippen LogP contribution is 2.02. The van der Waals surface area contributed by atoms with Crippen LogP contribution in [0.2, 0.25) is 0 Å². The van der Waals surface area contributed by atoms with Gasteiger partial charge in [0.05, 0.1) is 12.8 Å². The first kappa shape index (κ1) is 6.46. The summed E-state index contributed by atoms with van der Waals surface area (Å²) in [7, 11) is 0. The molecule has 0 fully saturated rings. The summed E-state index contributed by atoms with van der Waals surface area (Å²) in [6.45, 7) is 6.20. The summed E-state index contributed by atoms with van der Waals surface area (Å²) in [6.07, 6.45) is 3.75. The molecule has 0 aromatic heterocycles. The molecule has 0 aromatic rings. The van der Waals surface area contributed by atoms with E-state index in [1.807, 2.05) is 6.20 Å². The van der Waals surface area contributed by atoms with Gasteiger partial charge in [0.15, 0.2) is 0 Å². The minimum Gasteiger partial charge on any atom is -0.498 e. The molecule has 0 saturated heterocycles. The SMILES string of the molecule is CC(C)N1C=COCC1. The van der Waals surface area contributed by atoms with Crippen molar-refractivity contribution < 1.29 is 4.74 Å². The maximum Gasteiger partial charge on any atom is 0.105 e. The van der Waals surface area contributed by atoms with Crippen molar-refractivity contribution in [1.29, 1.82) is 0 Å². The molecule has 0 atom stereocenters. The molecule has 0 aromatic carbocycles. The fourth-order valence-electron chi connectivity index (χ4n) is 0.852. The van der Waals surface area contributed by atoms with Gasteiger partial charge in [0.2, 0.25) is 0 Å². The maximum absolute atomic E-state index is 5.03. The van der Waals surface area contributed by atoms with E-state index in [4.69, 9.17) is 4.74 Å². The number of hydrogen-bond donors (Lipinski definition) is 0. The van der Waals surface area contributed by atoms with E-state index in [1.165, 1.54) is 0 Å². The van der Waals surface area contributed by atoms with Crippen LogP contribution in [0.15, 0.2) is 12.5 Å². The highest BCUT2D eigenvalue weighted by molar-refractivity contribution is 4.81. The Bertz CT molecular complexity index is 109. The van der Waals surface area contributed by atoms with Crippen LogP contribution in [0.3, 0.4) is 0 Å². The third-order valence-electron chi connectivity index (χ3n) is 1.48. The lowest BCUT2D eigenvalue weighted by molar-refractivity contribution is 0.155. The molecule has 0 aliphatic carbocycles. The summed E-state index contributed by atoms with van der Waals surface area (Å²) in [5.41, 5.74) is 0. The number of ether oxygens (including phenoxy) is 1. The van der Waals surface area contributed by atoms with Gasteiger partial charge < -0.3 is 9.64 Å². The first-order valence-electron chi connectivity index (χ1n) is 3.35. The molecule has 0 spiro atoms. The molecule has 0 N–H and O–H groups in total. The predicted molar refractivity (Wildman–Crippen MR) is 36.9 cm³/mol. The average molecular weight is 127 g/mol. The van der Waals surface area contributed by atoms with Crippen molar-refractivity contribution in [2.45, 2.75) is 19.9 Å². The lowest BCUT2D eigenvalue weighted by atomic mass is 10.3. The molecule has 52 valence electrons. The van der Waals surface area contributed by atoms with Crippen LogP contribution in [0.4, 0.5) is 0 Å².